The summed E-state index contributed by atoms with van der Waals surface area (Å²) in [4.78, 5) is 14.9. The van der Waals surface area contributed by atoms with Crippen LogP contribution in [0.15, 0.2) is 59.5 Å². The number of nitrogens with one attached hydrogen (secondary N) is 2. The van der Waals surface area contributed by atoms with Crippen molar-refractivity contribution in [3.63, 3.8) is 0 Å². The highest BCUT2D eigenvalue weighted by atomic mass is 32.2. The molecule has 0 aliphatic heterocycles. The molecule has 7 heteroatoms. The quantitative estimate of drug-likeness (QED) is 0.696. The molecular formula is C17H16N2O4S. The molecular weight excluding hydrogens is 328 g/mol. The van der Waals surface area contributed by atoms with E-state index in [-0.39, 0.29) is 17.2 Å². The van der Waals surface area contributed by atoms with Crippen molar-refractivity contribution >= 4 is 32.6 Å². The number of benzene rings is 2. The maximum absolute atomic E-state index is 12.5. The van der Waals surface area contributed by atoms with Crippen LogP contribution in [0.25, 0.3) is 10.9 Å². The summed E-state index contributed by atoms with van der Waals surface area (Å²) in [7, 11) is -3.71. The van der Waals surface area contributed by atoms with Crippen LogP contribution in [0.2, 0.25) is 0 Å². The van der Waals surface area contributed by atoms with Crippen LogP contribution in [0.3, 0.4) is 0 Å². The normalized spacial score (nSPS) is 11.4. The number of H-pyrrole nitrogens is 1. The third-order valence-electron chi connectivity index (χ3n) is 3.45. The topological polar surface area (TPSA) is 88.3 Å². The largest absolute Gasteiger partial charge is 0.461 e. The van der Waals surface area contributed by atoms with Crippen molar-refractivity contribution in [2.45, 2.75) is 11.8 Å². The van der Waals surface area contributed by atoms with Crippen molar-refractivity contribution in [1.82, 2.24) is 4.98 Å². The van der Waals surface area contributed by atoms with Gasteiger partial charge in [-0.25, -0.2) is 13.2 Å². The Morgan fingerprint density at radius 2 is 1.88 bits per heavy atom. The smallest absolute Gasteiger partial charge is 0.354 e. The zero-order valence-electron chi connectivity index (χ0n) is 12.9. The standard InChI is InChI=1S/C17H16N2O4S/c1-2-23-17(20)15-11-12-7-6-10-14(16(12)18-15)19-24(21,22)13-8-4-3-5-9-13/h3-11,18-19H,2H2,1H3. The van der Waals surface area contributed by atoms with Crippen molar-refractivity contribution in [2.75, 3.05) is 11.3 Å². The average molecular weight is 344 g/mol. The van der Waals surface area contributed by atoms with Crippen molar-refractivity contribution < 1.29 is 17.9 Å². The van der Waals surface area contributed by atoms with Gasteiger partial charge in [-0.15, -0.1) is 0 Å². The highest BCUT2D eigenvalue weighted by Gasteiger charge is 2.17. The highest BCUT2D eigenvalue weighted by molar-refractivity contribution is 7.92. The van der Waals surface area contributed by atoms with Gasteiger partial charge in [0.15, 0.2) is 0 Å². The number of esters is 1. The SMILES string of the molecule is CCOC(=O)c1cc2cccc(NS(=O)(=O)c3ccccc3)c2[nH]1. The monoisotopic (exact) mass is 344 g/mol. The van der Waals surface area contributed by atoms with Gasteiger partial charge in [-0.1, -0.05) is 30.3 Å². The lowest BCUT2D eigenvalue weighted by Crippen LogP contribution is -2.13. The van der Waals surface area contributed by atoms with E-state index in [4.69, 9.17) is 4.74 Å². The van der Waals surface area contributed by atoms with Gasteiger partial charge >= 0.3 is 5.97 Å². The average Bonchev–Trinajstić information content (AvgIpc) is 3.01. The molecule has 0 aliphatic rings. The molecule has 0 atom stereocenters. The zero-order chi connectivity index (χ0) is 17.2. The number of para-hydroxylation sites is 1. The number of rotatable bonds is 5. The van der Waals surface area contributed by atoms with Crippen LogP contribution in [0.1, 0.15) is 17.4 Å². The lowest BCUT2D eigenvalue weighted by atomic mass is 10.2. The van der Waals surface area contributed by atoms with Gasteiger partial charge in [0.05, 0.1) is 22.7 Å². The fourth-order valence-corrected chi connectivity index (χ4v) is 3.46. The van der Waals surface area contributed by atoms with E-state index in [1.54, 1.807) is 49.4 Å². The molecule has 0 saturated heterocycles. The molecule has 0 aliphatic carbocycles. The predicted molar refractivity (Wildman–Crippen MR) is 91.5 cm³/mol. The van der Waals surface area contributed by atoms with Gasteiger partial charge in [-0.2, -0.15) is 0 Å². The Balaban J connectivity index is 2.00. The van der Waals surface area contributed by atoms with Gasteiger partial charge in [-0.05, 0) is 31.2 Å². The molecule has 3 rings (SSSR count). The van der Waals surface area contributed by atoms with E-state index in [0.717, 1.165) is 0 Å². The van der Waals surface area contributed by atoms with Crippen molar-refractivity contribution in [3.05, 3.63) is 60.3 Å². The Bertz CT molecular complexity index is 978. The van der Waals surface area contributed by atoms with Crippen LogP contribution >= 0.6 is 0 Å². The number of carbonyl (C=O) groups is 1. The first kappa shape index (κ1) is 16.1. The summed E-state index contributed by atoms with van der Waals surface area (Å²) in [6.07, 6.45) is 0. The van der Waals surface area contributed by atoms with Crippen LogP contribution < -0.4 is 4.72 Å². The van der Waals surface area contributed by atoms with E-state index in [2.05, 4.69) is 9.71 Å². The molecule has 0 bridgehead atoms. The van der Waals surface area contributed by atoms with E-state index in [0.29, 0.717) is 16.6 Å². The molecule has 0 fully saturated rings. The number of aromatic amines is 1. The fraction of sp³-hybridized carbons (Fsp3) is 0.118. The first-order valence-electron chi connectivity index (χ1n) is 7.38. The number of hydrogen-bond acceptors (Lipinski definition) is 4. The van der Waals surface area contributed by atoms with E-state index in [9.17, 15) is 13.2 Å². The lowest BCUT2D eigenvalue weighted by Gasteiger charge is -2.09. The van der Waals surface area contributed by atoms with Crippen LogP contribution in [-0.2, 0) is 14.8 Å². The maximum atomic E-state index is 12.5. The number of sulfonamides is 1. The third kappa shape index (κ3) is 3.11. The van der Waals surface area contributed by atoms with Crippen LogP contribution in [0.5, 0.6) is 0 Å². The molecule has 124 valence electrons. The van der Waals surface area contributed by atoms with E-state index in [1.807, 2.05) is 0 Å². The van der Waals surface area contributed by atoms with Gasteiger partial charge in [0.2, 0.25) is 0 Å². The van der Waals surface area contributed by atoms with E-state index in [1.165, 1.54) is 12.1 Å². The minimum atomic E-state index is -3.71. The van der Waals surface area contributed by atoms with Gasteiger partial charge in [0.1, 0.15) is 5.69 Å². The van der Waals surface area contributed by atoms with Gasteiger partial charge in [0.25, 0.3) is 10.0 Å². The summed E-state index contributed by atoms with van der Waals surface area (Å²) in [6.45, 7) is 1.99. The van der Waals surface area contributed by atoms with E-state index >= 15 is 0 Å². The second-order valence-corrected chi connectivity index (χ2v) is 6.77. The number of aromatic nitrogens is 1. The summed E-state index contributed by atoms with van der Waals surface area (Å²) < 4.78 is 32.5. The summed E-state index contributed by atoms with van der Waals surface area (Å²) in [6, 6.07) is 14.9. The molecule has 0 unspecified atom stereocenters. The Labute approximate surface area is 139 Å². The van der Waals surface area contributed by atoms with Gasteiger partial charge in [0, 0.05) is 5.39 Å². The first-order valence-corrected chi connectivity index (χ1v) is 8.86. The Kier molecular flexibility index (Phi) is 4.26. The van der Waals surface area contributed by atoms with Crippen molar-refractivity contribution in [1.29, 1.82) is 0 Å². The Morgan fingerprint density at radius 3 is 2.58 bits per heavy atom. The number of fused-ring (bicyclic) bond motifs is 1. The molecule has 1 aromatic heterocycles. The Morgan fingerprint density at radius 1 is 1.12 bits per heavy atom. The van der Waals surface area contributed by atoms with Crippen LogP contribution in [0.4, 0.5) is 5.69 Å². The number of anilines is 1. The molecule has 24 heavy (non-hydrogen) atoms. The van der Waals surface area contributed by atoms with E-state index < -0.39 is 16.0 Å². The maximum Gasteiger partial charge on any atom is 0.354 e. The van der Waals surface area contributed by atoms with Crippen LogP contribution in [-0.4, -0.2) is 26.0 Å². The number of ether oxygens (including phenoxy) is 1. The minimum Gasteiger partial charge on any atom is -0.461 e. The predicted octanol–water partition coefficient (Wildman–Crippen LogP) is 3.15. The second-order valence-electron chi connectivity index (χ2n) is 5.09. The third-order valence-corrected chi connectivity index (χ3v) is 4.83. The lowest BCUT2D eigenvalue weighted by molar-refractivity contribution is 0.0520. The molecule has 0 amide bonds. The summed E-state index contributed by atoms with van der Waals surface area (Å²) >= 11 is 0. The van der Waals surface area contributed by atoms with Crippen LogP contribution in [0, 0.1) is 0 Å². The Hall–Kier alpha value is -2.80. The van der Waals surface area contributed by atoms with Gasteiger partial charge in [-0.3, -0.25) is 4.72 Å². The second kappa shape index (κ2) is 6.37. The molecule has 0 radical (unpaired) electrons. The molecule has 0 spiro atoms. The fourth-order valence-electron chi connectivity index (χ4n) is 2.36. The van der Waals surface area contributed by atoms with Crippen molar-refractivity contribution in [3.8, 4) is 0 Å². The van der Waals surface area contributed by atoms with Gasteiger partial charge < -0.3 is 9.72 Å². The zero-order valence-corrected chi connectivity index (χ0v) is 13.8. The molecule has 3 aromatic rings. The molecule has 0 saturated carbocycles. The minimum absolute atomic E-state index is 0.166. The molecule has 2 N–H and O–H groups in total. The molecule has 2 aromatic carbocycles. The molecule has 6 nitrogen and oxygen atoms in total. The summed E-state index contributed by atoms with van der Waals surface area (Å²) in [5, 5.41) is 0.714. The number of hydrogen-bond donors (Lipinski definition) is 2. The molecule has 1 heterocycles. The number of carbonyl (C=O) groups excluding carboxylic acids is 1. The summed E-state index contributed by atoms with van der Waals surface area (Å²) in [5.41, 5.74) is 1.17. The van der Waals surface area contributed by atoms with Crippen molar-refractivity contribution in [2.24, 2.45) is 0 Å². The highest BCUT2D eigenvalue weighted by Crippen LogP contribution is 2.26. The first-order chi connectivity index (χ1) is 11.5. The summed E-state index contributed by atoms with van der Waals surface area (Å²) in [5.74, 6) is -0.481.